The number of aliphatic hydroxyl groups is 1. The monoisotopic (exact) mass is 293 g/mol. The summed E-state index contributed by atoms with van der Waals surface area (Å²) in [4.78, 5) is 11.8. The second-order valence-electron chi connectivity index (χ2n) is 4.44. The summed E-state index contributed by atoms with van der Waals surface area (Å²) < 4.78 is 5.08. The molecule has 0 aliphatic heterocycles. The van der Waals surface area contributed by atoms with Crippen molar-refractivity contribution in [3.05, 3.63) is 59.0 Å². The van der Waals surface area contributed by atoms with Crippen LogP contribution >= 0.6 is 11.6 Å². The third-order valence-corrected chi connectivity index (χ3v) is 3.29. The highest BCUT2D eigenvalue weighted by Crippen LogP contribution is 2.17. The fourth-order valence-corrected chi connectivity index (χ4v) is 2.05. The van der Waals surface area contributed by atoms with Crippen LogP contribution in [0.1, 0.15) is 23.8 Å². The van der Waals surface area contributed by atoms with Gasteiger partial charge in [0.15, 0.2) is 0 Å². The van der Waals surface area contributed by atoms with Crippen molar-refractivity contribution < 1.29 is 14.3 Å². The fraction of sp³-hybridized carbons (Fsp3) is 0.267. The van der Waals surface area contributed by atoms with Crippen LogP contribution in [0.3, 0.4) is 0 Å². The summed E-state index contributed by atoms with van der Waals surface area (Å²) >= 11 is 5.99. The molecule has 0 saturated heterocycles. The van der Waals surface area contributed by atoms with Crippen molar-refractivity contribution in [1.82, 2.24) is 5.32 Å². The van der Waals surface area contributed by atoms with Crippen molar-refractivity contribution in [2.45, 2.75) is 18.9 Å². The van der Waals surface area contributed by atoms with Gasteiger partial charge in [-0.15, -0.1) is 0 Å². The number of amides is 1. The minimum atomic E-state index is -0.703. The van der Waals surface area contributed by atoms with Crippen molar-refractivity contribution in [2.24, 2.45) is 0 Å². The Hall–Kier alpha value is -1.78. The Kier molecular flexibility index (Phi) is 5.21. The molecule has 1 aromatic carbocycles. The maximum atomic E-state index is 11.8. The molecule has 0 aliphatic rings. The second kappa shape index (κ2) is 7.12. The van der Waals surface area contributed by atoms with Crippen molar-refractivity contribution in [3.63, 3.8) is 0 Å². The summed E-state index contributed by atoms with van der Waals surface area (Å²) in [6, 6.07) is 10.7. The van der Waals surface area contributed by atoms with Crippen molar-refractivity contribution in [3.8, 4) is 0 Å². The van der Waals surface area contributed by atoms with Crippen LogP contribution in [-0.2, 0) is 11.2 Å². The summed E-state index contributed by atoms with van der Waals surface area (Å²) in [6.45, 7) is 0.380. The molecule has 0 spiro atoms. The Balaban J connectivity index is 1.74. The maximum Gasteiger partial charge on any atom is 0.224 e. The first-order valence-corrected chi connectivity index (χ1v) is 6.76. The molecule has 4 nitrogen and oxygen atoms in total. The van der Waals surface area contributed by atoms with E-state index in [1.165, 1.54) is 6.26 Å². The topological polar surface area (TPSA) is 62.5 Å². The number of aliphatic hydroxyl groups excluding tert-OH is 1. The van der Waals surface area contributed by atoms with Gasteiger partial charge in [-0.05, 0) is 30.2 Å². The molecule has 0 aliphatic carbocycles. The van der Waals surface area contributed by atoms with E-state index in [-0.39, 0.29) is 12.3 Å². The molecule has 5 heteroatoms. The normalized spacial score (nSPS) is 12.1. The van der Waals surface area contributed by atoms with Crippen LogP contribution < -0.4 is 5.32 Å². The predicted octanol–water partition coefficient (Wildman–Crippen LogP) is 2.72. The van der Waals surface area contributed by atoms with Crippen LogP contribution in [0.5, 0.6) is 0 Å². The van der Waals surface area contributed by atoms with Gasteiger partial charge in [0.05, 0.1) is 12.7 Å². The molecule has 0 saturated carbocycles. The first-order valence-electron chi connectivity index (χ1n) is 6.38. The van der Waals surface area contributed by atoms with Crippen molar-refractivity contribution in [2.75, 3.05) is 6.54 Å². The average molecular weight is 294 g/mol. The number of carbonyl (C=O) groups is 1. The SMILES string of the molecule is O=C(Cc1ccccc1Cl)NCCC(O)c1ccco1. The van der Waals surface area contributed by atoms with Crippen LogP contribution in [0, 0.1) is 0 Å². The largest absolute Gasteiger partial charge is 0.467 e. The van der Waals surface area contributed by atoms with Gasteiger partial charge < -0.3 is 14.8 Å². The zero-order valence-electron chi connectivity index (χ0n) is 10.9. The van der Waals surface area contributed by atoms with Crippen LogP contribution in [0.4, 0.5) is 0 Å². The standard InChI is InChI=1S/C15H16ClNO3/c16-12-5-2-1-4-11(12)10-15(19)17-8-7-13(18)14-6-3-9-20-14/h1-6,9,13,18H,7-8,10H2,(H,17,19). The highest BCUT2D eigenvalue weighted by molar-refractivity contribution is 6.31. The Bertz CT molecular complexity index is 554. The summed E-state index contributed by atoms with van der Waals surface area (Å²) in [6.07, 6.45) is 1.44. The third kappa shape index (κ3) is 4.11. The molecular weight excluding hydrogens is 278 g/mol. The Labute approximate surface area is 122 Å². The summed E-state index contributed by atoms with van der Waals surface area (Å²) in [7, 11) is 0. The van der Waals surface area contributed by atoms with E-state index in [1.807, 2.05) is 18.2 Å². The quantitative estimate of drug-likeness (QED) is 0.861. The lowest BCUT2D eigenvalue weighted by molar-refractivity contribution is -0.120. The van der Waals surface area contributed by atoms with Crippen LogP contribution in [0.25, 0.3) is 0 Å². The van der Waals surface area contributed by atoms with Gasteiger partial charge in [0.1, 0.15) is 11.9 Å². The molecule has 1 amide bonds. The Morgan fingerprint density at radius 3 is 2.80 bits per heavy atom. The van der Waals surface area contributed by atoms with Gasteiger partial charge >= 0.3 is 0 Å². The van der Waals surface area contributed by atoms with Crippen LogP contribution in [0.2, 0.25) is 5.02 Å². The van der Waals surface area contributed by atoms with Crippen molar-refractivity contribution in [1.29, 1.82) is 0 Å². The third-order valence-electron chi connectivity index (χ3n) is 2.92. The number of benzene rings is 1. The lowest BCUT2D eigenvalue weighted by atomic mass is 10.1. The number of carbonyl (C=O) groups excluding carboxylic acids is 1. The van der Waals surface area contributed by atoms with E-state index < -0.39 is 6.10 Å². The zero-order valence-corrected chi connectivity index (χ0v) is 11.6. The van der Waals surface area contributed by atoms with E-state index in [0.29, 0.717) is 23.7 Å². The molecule has 0 fully saturated rings. The molecule has 2 aromatic rings. The number of halogens is 1. The van der Waals surface area contributed by atoms with E-state index in [0.717, 1.165) is 5.56 Å². The van der Waals surface area contributed by atoms with Crippen molar-refractivity contribution >= 4 is 17.5 Å². The molecule has 2 rings (SSSR count). The maximum absolute atomic E-state index is 11.8. The molecule has 106 valence electrons. The molecule has 0 radical (unpaired) electrons. The molecule has 2 N–H and O–H groups in total. The molecule has 1 unspecified atom stereocenters. The van der Waals surface area contributed by atoms with Gasteiger partial charge in [-0.2, -0.15) is 0 Å². The zero-order chi connectivity index (χ0) is 14.4. The molecule has 1 atom stereocenters. The summed E-state index contributed by atoms with van der Waals surface area (Å²) in [5, 5.41) is 13.1. The smallest absolute Gasteiger partial charge is 0.224 e. The predicted molar refractivity (Wildman–Crippen MR) is 76.5 cm³/mol. The van der Waals surface area contributed by atoms with E-state index in [4.69, 9.17) is 16.0 Å². The van der Waals surface area contributed by atoms with E-state index in [2.05, 4.69) is 5.32 Å². The Morgan fingerprint density at radius 2 is 2.10 bits per heavy atom. The number of nitrogens with one attached hydrogen (secondary N) is 1. The lowest BCUT2D eigenvalue weighted by Gasteiger charge is -2.09. The summed E-state index contributed by atoms with van der Waals surface area (Å²) in [5.74, 6) is 0.384. The minimum Gasteiger partial charge on any atom is -0.467 e. The number of rotatable bonds is 6. The van der Waals surface area contributed by atoms with Gasteiger partial charge in [0, 0.05) is 11.6 Å². The lowest BCUT2D eigenvalue weighted by Crippen LogP contribution is -2.27. The van der Waals surface area contributed by atoms with E-state index >= 15 is 0 Å². The molecule has 20 heavy (non-hydrogen) atoms. The number of hydrogen-bond donors (Lipinski definition) is 2. The first kappa shape index (κ1) is 14.6. The average Bonchev–Trinajstić information content (AvgIpc) is 2.95. The van der Waals surface area contributed by atoms with Gasteiger partial charge in [-0.3, -0.25) is 4.79 Å². The van der Waals surface area contributed by atoms with Gasteiger partial charge in [-0.25, -0.2) is 0 Å². The van der Waals surface area contributed by atoms with Gasteiger partial charge in [0.25, 0.3) is 0 Å². The summed E-state index contributed by atoms with van der Waals surface area (Å²) in [5.41, 5.74) is 0.790. The first-order chi connectivity index (χ1) is 9.66. The van der Waals surface area contributed by atoms with Crippen LogP contribution in [0.15, 0.2) is 47.1 Å². The molecule has 1 heterocycles. The highest BCUT2D eigenvalue weighted by Gasteiger charge is 2.11. The van der Waals surface area contributed by atoms with Gasteiger partial charge in [0.2, 0.25) is 5.91 Å². The second-order valence-corrected chi connectivity index (χ2v) is 4.85. The molecule has 1 aromatic heterocycles. The number of furan rings is 1. The van der Waals surface area contributed by atoms with E-state index in [1.54, 1.807) is 18.2 Å². The van der Waals surface area contributed by atoms with Crippen LogP contribution in [-0.4, -0.2) is 17.6 Å². The highest BCUT2D eigenvalue weighted by atomic mass is 35.5. The van der Waals surface area contributed by atoms with E-state index in [9.17, 15) is 9.90 Å². The molecular formula is C15H16ClNO3. The fourth-order valence-electron chi connectivity index (χ4n) is 1.85. The molecule has 0 bridgehead atoms. The van der Waals surface area contributed by atoms with Gasteiger partial charge in [-0.1, -0.05) is 29.8 Å². The Morgan fingerprint density at radius 1 is 1.30 bits per heavy atom. The minimum absolute atomic E-state index is 0.121. The number of hydrogen-bond acceptors (Lipinski definition) is 3.